The zero-order valence-electron chi connectivity index (χ0n) is 10.4. The second kappa shape index (κ2) is 5.58. The average Bonchev–Trinajstić information content (AvgIpc) is 2.25. The monoisotopic (exact) mass is 280 g/mol. The molecule has 0 saturated carbocycles. The Balaban J connectivity index is 2.89. The third kappa shape index (κ3) is 3.59. The van der Waals surface area contributed by atoms with Crippen LogP contribution in [0.4, 0.5) is 0 Å². The molecule has 1 saturated heterocycles. The number of hydrogen-bond acceptors (Lipinski definition) is 5. The van der Waals surface area contributed by atoms with Crippen molar-refractivity contribution < 1.29 is 13.2 Å². The number of amides is 1. The van der Waals surface area contributed by atoms with Crippen LogP contribution < -0.4 is 5.73 Å². The maximum absolute atomic E-state index is 12.1. The Morgan fingerprint density at radius 2 is 2.06 bits per heavy atom. The summed E-state index contributed by atoms with van der Waals surface area (Å²) in [6.45, 7) is 4.18. The number of hydrogen-bond donors (Lipinski definition) is 1. The molecule has 1 heterocycles. The minimum atomic E-state index is -3.25. The molecule has 7 heteroatoms. The van der Waals surface area contributed by atoms with E-state index in [2.05, 4.69) is 0 Å². The van der Waals surface area contributed by atoms with Crippen molar-refractivity contribution in [3.05, 3.63) is 0 Å². The lowest BCUT2D eigenvalue weighted by atomic mass is 10.0. The van der Waals surface area contributed by atoms with Gasteiger partial charge in [0.2, 0.25) is 5.91 Å². The Labute approximate surface area is 107 Å². The van der Waals surface area contributed by atoms with Crippen LogP contribution >= 0.6 is 11.8 Å². The fourth-order valence-corrected chi connectivity index (χ4v) is 4.49. The van der Waals surface area contributed by atoms with E-state index >= 15 is 0 Å². The Morgan fingerprint density at radius 1 is 1.47 bits per heavy atom. The van der Waals surface area contributed by atoms with E-state index in [9.17, 15) is 13.2 Å². The van der Waals surface area contributed by atoms with E-state index in [0.29, 0.717) is 12.3 Å². The molecule has 0 bridgehead atoms. The van der Waals surface area contributed by atoms with Crippen LogP contribution in [-0.2, 0) is 14.6 Å². The molecule has 0 spiro atoms. The number of rotatable bonds is 3. The molecule has 5 nitrogen and oxygen atoms in total. The van der Waals surface area contributed by atoms with E-state index < -0.39 is 21.3 Å². The molecule has 0 aromatic carbocycles. The highest BCUT2D eigenvalue weighted by atomic mass is 32.2. The summed E-state index contributed by atoms with van der Waals surface area (Å²) in [6.07, 6.45) is 1.17. The van der Waals surface area contributed by atoms with E-state index in [1.807, 2.05) is 13.8 Å². The fraction of sp³-hybridized carbons (Fsp3) is 0.900. The van der Waals surface area contributed by atoms with Gasteiger partial charge in [0, 0.05) is 24.3 Å². The predicted molar refractivity (Wildman–Crippen MR) is 70.5 cm³/mol. The molecule has 1 fully saturated rings. The molecule has 1 aliphatic heterocycles. The number of sulfone groups is 1. The third-order valence-electron chi connectivity index (χ3n) is 2.87. The van der Waals surface area contributed by atoms with Gasteiger partial charge in [0.25, 0.3) is 0 Å². The van der Waals surface area contributed by atoms with Gasteiger partial charge in [-0.2, -0.15) is 11.8 Å². The Hall–Kier alpha value is -0.270. The first kappa shape index (κ1) is 14.8. The minimum absolute atomic E-state index is 0.0114. The molecular weight excluding hydrogens is 260 g/mol. The number of nitrogens with zero attached hydrogens (tertiary/aromatic N) is 1. The van der Waals surface area contributed by atoms with Crippen molar-refractivity contribution in [2.75, 3.05) is 24.3 Å². The summed E-state index contributed by atoms with van der Waals surface area (Å²) in [5.41, 5.74) is 5.80. The molecule has 0 aromatic heterocycles. The first-order valence-corrected chi connectivity index (χ1v) is 8.68. The van der Waals surface area contributed by atoms with E-state index in [4.69, 9.17) is 5.73 Å². The smallest absolute Gasteiger partial charge is 0.240 e. The first-order chi connectivity index (χ1) is 7.75. The fourth-order valence-electron chi connectivity index (χ4n) is 1.66. The van der Waals surface area contributed by atoms with Gasteiger partial charge >= 0.3 is 0 Å². The number of carbonyl (C=O) groups is 1. The standard InChI is InChI=1S/C10H20N2O3S2/c1-7(2)9(11)10(13)12-4-5-16-6-8(12)17(3,14)15/h7-9H,4-6,11H2,1-3H3. The highest BCUT2D eigenvalue weighted by Gasteiger charge is 2.36. The molecule has 2 atom stereocenters. The predicted octanol–water partition coefficient (Wildman–Crippen LogP) is -0.0842. The molecule has 0 aromatic rings. The number of thioether (sulfide) groups is 1. The SMILES string of the molecule is CC(C)C(N)C(=O)N1CCSCC1S(C)(=O)=O. The maximum Gasteiger partial charge on any atom is 0.240 e. The minimum Gasteiger partial charge on any atom is -0.323 e. The molecule has 0 radical (unpaired) electrons. The second-order valence-corrected chi connectivity index (χ2v) is 8.01. The zero-order valence-corrected chi connectivity index (χ0v) is 12.1. The molecule has 0 aliphatic carbocycles. The van der Waals surface area contributed by atoms with Crippen LogP contribution in [0.5, 0.6) is 0 Å². The van der Waals surface area contributed by atoms with Gasteiger partial charge < -0.3 is 10.6 Å². The Kier molecular flexibility index (Phi) is 4.86. The third-order valence-corrected chi connectivity index (χ3v) is 5.51. The number of nitrogens with two attached hydrogens (primary N) is 1. The van der Waals surface area contributed by atoms with Crippen molar-refractivity contribution >= 4 is 27.5 Å². The second-order valence-electron chi connectivity index (χ2n) is 4.66. The first-order valence-electron chi connectivity index (χ1n) is 5.58. The molecule has 1 rings (SSSR count). The molecule has 1 amide bonds. The van der Waals surface area contributed by atoms with Crippen LogP contribution in [0.25, 0.3) is 0 Å². The van der Waals surface area contributed by atoms with Crippen LogP contribution in [-0.4, -0.2) is 54.9 Å². The molecule has 1 aliphatic rings. The van der Waals surface area contributed by atoms with E-state index in [1.165, 1.54) is 11.2 Å². The van der Waals surface area contributed by atoms with Crippen molar-refractivity contribution in [1.29, 1.82) is 0 Å². The largest absolute Gasteiger partial charge is 0.323 e. The van der Waals surface area contributed by atoms with Crippen LogP contribution in [0.15, 0.2) is 0 Å². The highest BCUT2D eigenvalue weighted by Crippen LogP contribution is 2.21. The van der Waals surface area contributed by atoms with Crippen LogP contribution in [0.2, 0.25) is 0 Å². The number of carbonyl (C=O) groups excluding carboxylic acids is 1. The van der Waals surface area contributed by atoms with Crippen LogP contribution in [0.1, 0.15) is 13.8 Å². The zero-order chi connectivity index (χ0) is 13.2. The molecule has 100 valence electrons. The van der Waals surface area contributed by atoms with E-state index in [0.717, 1.165) is 5.75 Å². The van der Waals surface area contributed by atoms with Crippen molar-refractivity contribution in [1.82, 2.24) is 4.90 Å². The van der Waals surface area contributed by atoms with Gasteiger partial charge in [0.15, 0.2) is 9.84 Å². The summed E-state index contributed by atoms with van der Waals surface area (Å²) in [5.74, 6) is 0.964. The Bertz CT molecular complexity index is 381. The molecule has 2 N–H and O–H groups in total. The summed E-state index contributed by atoms with van der Waals surface area (Å²) >= 11 is 1.56. The van der Waals surface area contributed by atoms with Crippen molar-refractivity contribution in [3.8, 4) is 0 Å². The normalized spacial score (nSPS) is 23.8. The van der Waals surface area contributed by atoms with Crippen molar-refractivity contribution in [2.24, 2.45) is 11.7 Å². The van der Waals surface area contributed by atoms with Gasteiger partial charge in [0.1, 0.15) is 5.37 Å². The lowest BCUT2D eigenvalue weighted by Crippen LogP contribution is -2.56. The van der Waals surface area contributed by atoms with E-state index in [1.54, 1.807) is 11.8 Å². The maximum atomic E-state index is 12.1. The van der Waals surface area contributed by atoms with Crippen molar-refractivity contribution in [3.63, 3.8) is 0 Å². The van der Waals surface area contributed by atoms with Gasteiger partial charge in [-0.3, -0.25) is 4.79 Å². The molecule has 2 unspecified atom stereocenters. The highest BCUT2D eigenvalue weighted by molar-refractivity contribution is 8.00. The quantitative estimate of drug-likeness (QED) is 0.782. The van der Waals surface area contributed by atoms with Gasteiger partial charge in [-0.05, 0) is 5.92 Å². The lowest BCUT2D eigenvalue weighted by Gasteiger charge is -2.36. The summed E-state index contributed by atoms with van der Waals surface area (Å²) in [6, 6.07) is -0.623. The average molecular weight is 280 g/mol. The van der Waals surface area contributed by atoms with Gasteiger partial charge in [-0.15, -0.1) is 0 Å². The lowest BCUT2D eigenvalue weighted by molar-refractivity contribution is -0.133. The topological polar surface area (TPSA) is 80.5 Å². The summed E-state index contributed by atoms with van der Waals surface area (Å²) in [5, 5.41) is -0.724. The molecular formula is C10H20N2O3S2. The summed E-state index contributed by atoms with van der Waals surface area (Å²) < 4.78 is 23.3. The van der Waals surface area contributed by atoms with Crippen LogP contribution in [0, 0.1) is 5.92 Å². The van der Waals surface area contributed by atoms with Gasteiger partial charge in [-0.1, -0.05) is 13.8 Å². The summed E-state index contributed by atoms with van der Waals surface area (Å²) in [4.78, 5) is 13.6. The van der Waals surface area contributed by atoms with Gasteiger partial charge in [-0.25, -0.2) is 8.42 Å². The molecule has 17 heavy (non-hydrogen) atoms. The van der Waals surface area contributed by atoms with E-state index in [-0.39, 0.29) is 11.8 Å². The van der Waals surface area contributed by atoms with Crippen LogP contribution in [0.3, 0.4) is 0 Å². The Morgan fingerprint density at radius 3 is 2.53 bits per heavy atom. The summed E-state index contributed by atoms with van der Waals surface area (Å²) in [7, 11) is -3.25. The van der Waals surface area contributed by atoms with Gasteiger partial charge in [0.05, 0.1) is 6.04 Å². The van der Waals surface area contributed by atoms with Crippen molar-refractivity contribution in [2.45, 2.75) is 25.3 Å².